The number of halogens is 2. The molecule has 2 aromatic rings. The van der Waals surface area contributed by atoms with Gasteiger partial charge in [0.2, 0.25) is 0 Å². The SMILES string of the molecule is Cc1nc(-c2ccc(F)c(Br)c2)c(N)n1N. The van der Waals surface area contributed by atoms with E-state index < -0.39 is 0 Å². The molecule has 1 aromatic carbocycles. The summed E-state index contributed by atoms with van der Waals surface area (Å²) in [5.41, 5.74) is 7.07. The monoisotopic (exact) mass is 284 g/mol. The highest BCUT2D eigenvalue weighted by molar-refractivity contribution is 9.10. The number of hydrogen-bond acceptors (Lipinski definition) is 3. The van der Waals surface area contributed by atoms with E-state index in [4.69, 9.17) is 11.6 Å². The Balaban J connectivity index is 2.59. The van der Waals surface area contributed by atoms with Crippen LogP contribution in [0.1, 0.15) is 5.82 Å². The van der Waals surface area contributed by atoms with Gasteiger partial charge in [0.1, 0.15) is 17.3 Å². The Labute approximate surface area is 100 Å². The first kappa shape index (κ1) is 10.9. The Kier molecular flexibility index (Phi) is 2.59. The maximum Gasteiger partial charge on any atom is 0.150 e. The van der Waals surface area contributed by atoms with Crippen molar-refractivity contribution < 1.29 is 4.39 Å². The van der Waals surface area contributed by atoms with E-state index in [2.05, 4.69) is 20.9 Å². The van der Waals surface area contributed by atoms with Crippen LogP contribution >= 0.6 is 15.9 Å². The van der Waals surface area contributed by atoms with Crippen LogP contribution in [0.3, 0.4) is 0 Å². The Bertz CT molecular complexity index is 550. The van der Waals surface area contributed by atoms with E-state index in [0.29, 0.717) is 21.8 Å². The first-order valence-electron chi connectivity index (χ1n) is 4.56. The van der Waals surface area contributed by atoms with Crippen molar-refractivity contribution in [2.24, 2.45) is 0 Å². The van der Waals surface area contributed by atoms with Gasteiger partial charge >= 0.3 is 0 Å². The zero-order chi connectivity index (χ0) is 11.9. The normalized spacial score (nSPS) is 10.7. The van der Waals surface area contributed by atoms with E-state index in [1.165, 1.54) is 10.7 Å². The van der Waals surface area contributed by atoms with Crippen LogP contribution in [0.2, 0.25) is 0 Å². The lowest BCUT2D eigenvalue weighted by Gasteiger charge is -2.01. The molecule has 0 unspecified atom stereocenters. The summed E-state index contributed by atoms with van der Waals surface area (Å²) in [6, 6.07) is 4.58. The summed E-state index contributed by atoms with van der Waals surface area (Å²) < 4.78 is 14.7. The Hall–Kier alpha value is -1.56. The number of aromatic nitrogens is 2. The number of rotatable bonds is 1. The van der Waals surface area contributed by atoms with Crippen molar-refractivity contribution in [3.05, 3.63) is 34.3 Å². The molecule has 0 radical (unpaired) electrons. The maximum atomic E-state index is 13.1. The summed E-state index contributed by atoms with van der Waals surface area (Å²) >= 11 is 3.11. The summed E-state index contributed by atoms with van der Waals surface area (Å²) in [5.74, 6) is 6.29. The van der Waals surface area contributed by atoms with E-state index >= 15 is 0 Å². The average Bonchev–Trinajstić information content (AvgIpc) is 2.50. The highest BCUT2D eigenvalue weighted by atomic mass is 79.9. The second kappa shape index (κ2) is 3.79. The molecule has 0 aliphatic rings. The second-order valence-corrected chi connectivity index (χ2v) is 4.25. The molecule has 0 aliphatic heterocycles. The first-order chi connectivity index (χ1) is 7.50. The van der Waals surface area contributed by atoms with Crippen LogP contribution in [0, 0.1) is 12.7 Å². The molecule has 1 aromatic heterocycles. The maximum absolute atomic E-state index is 13.1. The van der Waals surface area contributed by atoms with E-state index in [-0.39, 0.29) is 5.82 Å². The van der Waals surface area contributed by atoms with Gasteiger partial charge in [0.15, 0.2) is 5.82 Å². The van der Waals surface area contributed by atoms with E-state index in [1.807, 2.05) is 0 Å². The number of hydrogen-bond donors (Lipinski definition) is 2. The van der Waals surface area contributed by atoms with Gasteiger partial charge in [0.05, 0.1) is 4.47 Å². The van der Waals surface area contributed by atoms with Crippen molar-refractivity contribution >= 4 is 21.7 Å². The van der Waals surface area contributed by atoms with Gasteiger partial charge in [-0.15, -0.1) is 0 Å². The van der Waals surface area contributed by atoms with Crippen molar-refractivity contribution in [1.29, 1.82) is 0 Å². The third-order valence-electron chi connectivity index (χ3n) is 2.32. The van der Waals surface area contributed by atoms with Gasteiger partial charge in [0.25, 0.3) is 0 Å². The van der Waals surface area contributed by atoms with Gasteiger partial charge in [-0.25, -0.2) is 14.1 Å². The fraction of sp³-hybridized carbons (Fsp3) is 0.100. The molecule has 4 nitrogen and oxygen atoms in total. The molecule has 1 heterocycles. The summed E-state index contributed by atoms with van der Waals surface area (Å²) in [6.07, 6.45) is 0. The van der Waals surface area contributed by atoms with Gasteiger partial charge < -0.3 is 11.6 Å². The van der Waals surface area contributed by atoms with Gasteiger partial charge in [-0.05, 0) is 41.1 Å². The molecule has 0 saturated heterocycles. The van der Waals surface area contributed by atoms with Gasteiger partial charge in [-0.2, -0.15) is 0 Å². The lowest BCUT2D eigenvalue weighted by atomic mass is 10.1. The zero-order valence-corrected chi connectivity index (χ0v) is 10.1. The topological polar surface area (TPSA) is 69.9 Å². The van der Waals surface area contributed by atoms with Crippen molar-refractivity contribution in [3.8, 4) is 11.3 Å². The number of nitrogens with two attached hydrogens (primary N) is 2. The van der Waals surface area contributed by atoms with Crippen LogP contribution in [0.15, 0.2) is 22.7 Å². The average molecular weight is 285 g/mol. The molecule has 0 saturated carbocycles. The van der Waals surface area contributed by atoms with E-state index in [0.717, 1.165) is 5.56 Å². The smallest absolute Gasteiger partial charge is 0.150 e. The number of imidazole rings is 1. The molecule has 0 fully saturated rings. The second-order valence-electron chi connectivity index (χ2n) is 3.39. The Morgan fingerprint density at radius 2 is 2.12 bits per heavy atom. The van der Waals surface area contributed by atoms with Crippen LogP contribution < -0.4 is 11.6 Å². The number of benzene rings is 1. The third kappa shape index (κ3) is 1.65. The van der Waals surface area contributed by atoms with Crippen LogP contribution in [0.5, 0.6) is 0 Å². The summed E-state index contributed by atoms with van der Waals surface area (Å²) in [5, 5.41) is 0. The number of nitrogen functional groups attached to an aromatic ring is 2. The van der Waals surface area contributed by atoms with Crippen LogP contribution in [0.25, 0.3) is 11.3 Å². The minimum Gasteiger partial charge on any atom is -0.382 e. The molecule has 0 spiro atoms. The molecular weight excluding hydrogens is 275 g/mol. The fourth-order valence-electron chi connectivity index (χ4n) is 1.42. The highest BCUT2D eigenvalue weighted by Crippen LogP contribution is 2.28. The third-order valence-corrected chi connectivity index (χ3v) is 2.93. The summed E-state index contributed by atoms with van der Waals surface area (Å²) in [4.78, 5) is 4.22. The van der Waals surface area contributed by atoms with Gasteiger partial charge in [-0.1, -0.05) is 0 Å². The molecule has 0 aliphatic carbocycles. The Morgan fingerprint density at radius 3 is 2.62 bits per heavy atom. The highest BCUT2D eigenvalue weighted by Gasteiger charge is 2.12. The van der Waals surface area contributed by atoms with Gasteiger partial charge in [0, 0.05) is 5.56 Å². The molecule has 16 heavy (non-hydrogen) atoms. The summed E-state index contributed by atoms with van der Waals surface area (Å²) in [7, 11) is 0. The lowest BCUT2D eigenvalue weighted by Crippen LogP contribution is -2.13. The minimum atomic E-state index is -0.328. The predicted octanol–water partition coefficient (Wildman–Crippen LogP) is 2.06. The number of aryl methyl sites for hydroxylation is 1. The largest absolute Gasteiger partial charge is 0.382 e. The van der Waals surface area contributed by atoms with E-state index in [1.54, 1.807) is 19.1 Å². The fourth-order valence-corrected chi connectivity index (χ4v) is 1.80. The molecule has 84 valence electrons. The zero-order valence-electron chi connectivity index (χ0n) is 8.54. The first-order valence-corrected chi connectivity index (χ1v) is 5.35. The molecule has 0 amide bonds. The van der Waals surface area contributed by atoms with Crippen LogP contribution in [-0.2, 0) is 0 Å². The molecule has 6 heteroatoms. The summed E-state index contributed by atoms with van der Waals surface area (Å²) in [6.45, 7) is 1.75. The molecule has 2 rings (SSSR count). The van der Waals surface area contributed by atoms with Crippen molar-refractivity contribution in [3.63, 3.8) is 0 Å². The predicted molar refractivity (Wildman–Crippen MR) is 64.6 cm³/mol. The molecular formula is C10H10BrFN4. The molecule has 4 N–H and O–H groups in total. The van der Waals surface area contributed by atoms with Crippen LogP contribution in [0.4, 0.5) is 10.2 Å². The standard InChI is InChI=1S/C10H10BrFN4/c1-5-15-9(10(13)16(5)14)6-2-3-8(12)7(11)4-6/h2-4H,13-14H2,1H3. The van der Waals surface area contributed by atoms with E-state index in [9.17, 15) is 4.39 Å². The quantitative estimate of drug-likeness (QED) is 0.788. The lowest BCUT2D eigenvalue weighted by molar-refractivity contribution is 0.621. The van der Waals surface area contributed by atoms with Gasteiger partial charge in [-0.3, -0.25) is 0 Å². The number of anilines is 1. The minimum absolute atomic E-state index is 0.328. The van der Waals surface area contributed by atoms with Crippen molar-refractivity contribution in [2.75, 3.05) is 11.6 Å². The molecule has 0 bridgehead atoms. The van der Waals surface area contributed by atoms with Crippen LogP contribution in [-0.4, -0.2) is 9.66 Å². The number of nitrogens with zero attached hydrogens (tertiary/aromatic N) is 2. The van der Waals surface area contributed by atoms with Crippen molar-refractivity contribution in [1.82, 2.24) is 9.66 Å². The molecule has 0 atom stereocenters. The van der Waals surface area contributed by atoms with Crippen molar-refractivity contribution in [2.45, 2.75) is 6.92 Å². The Morgan fingerprint density at radius 1 is 1.44 bits per heavy atom.